The van der Waals surface area contributed by atoms with E-state index in [4.69, 9.17) is 10.5 Å². The van der Waals surface area contributed by atoms with Gasteiger partial charge in [0, 0.05) is 17.2 Å². The number of amidine groups is 1. The average molecular weight is 424 g/mol. The molecular weight excluding hydrogens is 408 g/mol. The van der Waals surface area contributed by atoms with Crippen molar-refractivity contribution < 1.29 is 22.3 Å². The van der Waals surface area contributed by atoms with Gasteiger partial charge in [-0.15, -0.1) is 0 Å². The van der Waals surface area contributed by atoms with E-state index in [2.05, 4.69) is 15.0 Å². The molecule has 1 aromatic heterocycles. The van der Waals surface area contributed by atoms with Gasteiger partial charge >= 0.3 is 0 Å². The molecule has 2 aliphatic heterocycles. The van der Waals surface area contributed by atoms with Crippen molar-refractivity contribution in [3.05, 3.63) is 58.9 Å². The van der Waals surface area contributed by atoms with E-state index in [1.54, 1.807) is 0 Å². The number of thioether (sulfide) groups is 1. The Balaban J connectivity index is 1.70. The highest BCUT2D eigenvalue weighted by Gasteiger charge is 2.49. The summed E-state index contributed by atoms with van der Waals surface area (Å²) in [6.07, 6.45) is 0.104. The number of hydrogen-bond donors (Lipinski definition) is 1. The fourth-order valence-electron chi connectivity index (χ4n) is 3.45. The number of halogens is 4. The van der Waals surface area contributed by atoms with Crippen LogP contribution in [0.25, 0.3) is 11.9 Å². The zero-order chi connectivity index (χ0) is 20.6. The van der Waals surface area contributed by atoms with Gasteiger partial charge in [0.25, 0.3) is 6.43 Å². The molecule has 0 unspecified atom stereocenters. The Morgan fingerprint density at radius 1 is 1.31 bits per heavy atom. The minimum absolute atomic E-state index is 0.0499. The highest BCUT2D eigenvalue weighted by molar-refractivity contribution is 8.13. The molecule has 4 rings (SSSR count). The third-order valence-electron chi connectivity index (χ3n) is 4.95. The van der Waals surface area contributed by atoms with Crippen LogP contribution in [-0.2, 0) is 10.3 Å². The first-order valence-electron chi connectivity index (χ1n) is 8.72. The lowest BCUT2D eigenvalue weighted by atomic mass is 9.81. The molecule has 1 fully saturated rings. The van der Waals surface area contributed by atoms with Gasteiger partial charge < -0.3 is 10.5 Å². The first-order chi connectivity index (χ1) is 13.9. The number of nitrogens with zero attached hydrogens (tertiary/aromatic N) is 3. The second-order valence-electron chi connectivity index (χ2n) is 6.76. The molecule has 3 heterocycles. The monoisotopic (exact) mass is 424 g/mol. The Labute approximate surface area is 168 Å². The molecular formula is C19H16F4N4OS. The number of hydrogen-bond acceptors (Lipinski definition) is 6. The van der Waals surface area contributed by atoms with E-state index in [0.29, 0.717) is 23.1 Å². The van der Waals surface area contributed by atoms with Crippen molar-refractivity contribution in [1.82, 2.24) is 9.97 Å². The minimum Gasteiger partial charge on any atom is -0.379 e. The summed E-state index contributed by atoms with van der Waals surface area (Å²) < 4.78 is 60.0. The molecule has 2 N–H and O–H groups in total. The van der Waals surface area contributed by atoms with E-state index in [1.807, 2.05) is 0 Å². The number of alkyl halides is 2. The maximum absolute atomic E-state index is 14.7. The summed E-state index contributed by atoms with van der Waals surface area (Å²) in [5, 5.41) is 0.354. The van der Waals surface area contributed by atoms with Crippen LogP contribution >= 0.6 is 11.8 Å². The zero-order valence-electron chi connectivity index (χ0n) is 15.0. The first-order valence-corrected chi connectivity index (χ1v) is 9.71. The van der Waals surface area contributed by atoms with Crippen LogP contribution in [-0.4, -0.2) is 34.1 Å². The van der Waals surface area contributed by atoms with Crippen molar-refractivity contribution in [2.24, 2.45) is 16.6 Å². The van der Waals surface area contributed by atoms with Crippen LogP contribution in [0.15, 0.2) is 35.6 Å². The summed E-state index contributed by atoms with van der Waals surface area (Å²) in [6, 6.07) is 4.15. The van der Waals surface area contributed by atoms with E-state index in [-0.39, 0.29) is 23.8 Å². The first kappa shape index (κ1) is 19.8. The number of fused-ring (bicyclic) bond motifs is 1. The van der Waals surface area contributed by atoms with Crippen molar-refractivity contribution >= 4 is 28.8 Å². The van der Waals surface area contributed by atoms with Crippen molar-refractivity contribution in [1.29, 1.82) is 0 Å². The van der Waals surface area contributed by atoms with Gasteiger partial charge in [-0.25, -0.2) is 22.6 Å². The van der Waals surface area contributed by atoms with Crippen molar-refractivity contribution in [3.63, 3.8) is 0 Å². The summed E-state index contributed by atoms with van der Waals surface area (Å²) in [5.41, 5.74) is 4.85. The van der Waals surface area contributed by atoms with Gasteiger partial charge in [0.15, 0.2) is 11.0 Å². The summed E-state index contributed by atoms with van der Waals surface area (Å²) in [4.78, 5) is 11.7. The molecule has 0 amide bonds. The molecule has 1 saturated heterocycles. The Bertz CT molecular complexity index is 983. The fraction of sp³-hybridized carbons (Fsp3) is 0.316. The normalized spacial score (nSPS) is 24.5. The molecule has 2 atom stereocenters. The summed E-state index contributed by atoms with van der Waals surface area (Å²) in [5.74, 6) is -0.668. The highest BCUT2D eigenvalue weighted by Crippen LogP contribution is 2.45. The van der Waals surface area contributed by atoms with Crippen LogP contribution in [0, 0.1) is 11.7 Å². The third kappa shape index (κ3) is 3.74. The predicted molar refractivity (Wildman–Crippen MR) is 102 cm³/mol. The van der Waals surface area contributed by atoms with Crippen LogP contribution < -0.4 is 5.73 Å². The van der Waals surface area contributed by atoms with Gasteiger partial charge in [0.1, 0.15) is 22.7 Å². The second kappa shape index (κ2) is 7.75. The molecule has 0 bridgehead atoms. The van der Waals surface area contributed by atoms with Gasteiger partial charge in [-0.3, -0.25) is 9.97 Å². The zero-order valence-corrected chi connectivity index (χ0v) is 15.8. The average Bonchev–Trinajstić information content (AvgIpc) is 3.13. The molecule has 29 heavy (non-hydrogen) atoms. The molecule has 2 aromatic rings. The molecule has 5 nitrogen and oxygen atoms in total. The molecule has 10 heteroatoms. The molecule has 2 aliphatic rings. The van der Waals surface area contributed by atoms with Gasteiger partial charge in [-0.2, -0.15) is 0 Å². The Morgan fingerprint density at radius 2 is 2.14 bits per heavy atom. The number of nitrogens with two attached hydrogens (primary N) is 1. The van der Waals surface area contributed by atoms with Crippen LogP contribution in [0.5, 0.6) is 0 Å². The van der Waals surface area contributed by atoms with E-state index in [9.17, 15) is 17.6 Å². The van der Waals surface area contributed by atoms with Crippen LogP contribution in [0.4, 0.5) is 17.6 Å². The highest BCUT2D eigenvalue weighted by atomic mass is 32.2. The van der Waals surface area contributed by atoms with Gasteiger partial charge in [-0.1, -0.05) is 17.8 Å². The second-order valence-corrected chi connectivity index (χ2v) is 7.80. The predicted octanol–water partition coefficient (Wildman–Crippen LogP) is 3.92. The summed E-state index contributed by atoms with van der Waals surface area (Å²) >= 11 is 1.39. The lowest BCUT2D eigenvalue weighted by molar-refractivity contribution is 0.145. The van der Waals surface area contributed by atoms with Crippen molar-refractivity contribution in [2.45, 2.75) is 12.0 Å². The Morgan fingerprint density at radius 3 is 2.86 bits per heavy atom. The molecule has 1 aromatic carbocycles. The van der Waals surface area contributed by atoms with Gasteiger partial charge in [0.2, 0.25) is 0 Å². The minimum atomic E-state index is -2.79. The van der Waals surface area contributed by atoms with E-state index < -0.39 is 29.3 Å². The van der Waals surface area contributed by atoms with Crippen molar-refractivity contribution in [2.75, 3.05) is 19.0 Å². The van der Waals surface area contributed by atoms with Crippen LogP contribution in [0.3, 0.4) is 0 Å². The number of ether oxygens (including phenoxy) is 1. The van der Waals surface area contributed by atoms with Crippen LogP contribution in [0.1, 0.15) is 28.9 Å². The number of aromatic nitrogens is 2. The number of aliphatic imine (C=N–C) groups is 1. The molecule has 152 valence electrons. The fourth-order valence-corrected chi connectivity index (χ4v) is 4.42. The lowest BCUT2D eigenvalue weighted by Crippen LogP contribution is -2.40. The van der Waals surface area contributed by atoms with Crippen molar-refractivity contribution in [3.8, 4) is 0 Å². The molecule has 0 radical (unpaired) electrons. The van der Waals surface area contributed by atoms with E-state index in [0.717, 1.165) is 18.5 Å². The molecule has 0 saturated carbocycles. The maximum atomic E-state index is 14.7. The third-order valence-corrected chi connectivity index (χ3v) is 5.91. The lowest BCUT2D eigenvalue weighted by Gasteiger charge is -2.34. The number of benzene rings is 1. The quantitative estimate of drug-likeness (QED) is 0.753. The van der Waals surface area contributed by atoms with E-state index >= 15 is 0 Å². The Hall–Kier alpha value is -2.46. The molecule has 0 spiro atoms. The standard InChI is InChI=1S/C19H16F4N4OS/c20-13-2-1-10(4-14(21)15-5-26-16(6-25-15)17(22)23)3-12(13)19-9-28-7-11(19)8-29-18(24)27-19/h1-6,11,17H,7-9H2,(H2,24,27)/b14-4-/t11-,19-/m1/s1. The summed E-state index contributed by atoms with van der Waals surface area (Å²) in [6.45, 7) is 0.621. The number of rotatable bonds is 4. The summed E-state index contributed by atoms with van der Waals surface area (Å²) in [7, 11) is 0. The largest absolute Gasteiger partial charge is 0.379 e. The van der Waals surface area contributed by atoms with Crippen LogP contribution in [0.2, 0.25) is 0 Å². The van der Waals surface area contributed by atoms with Gasteiger partial charge in [-0.05, 0) is 23.8 Å². The maximum Gasteiger partial charge on any atom is 0.281 e. The smallest absolute Gasteiger partial charge is 0.281 e. The topological polar surface area (TPSA) is 73.4 Å². The van der Waals surface area contributed by atoms with E-state index in [1.165, 1.54) is 30.0 Å². The Kier molecular flexibility index (Phi) is 5.30. The van der Waals surface area contributed by atoms with Gasteiger partial charge in [0.05, 0.1) is 25.6 Å². The SMILES string of the molecule is NC1=N[C@]2(c3cc(/C=C(\F)c4cnc(C(F)F)cn4)ccc3F)COC[C@@H]2CS1. The molecule has 0 aliphatic carbocycles.